The average Bonchev–Trinajstić information content (AvgIpc) is 3.21. The normalized spacial score (nSPS) is 10.8. The fourth-order valence-electron chi connectivity index (χ4n) is 2.57. The van der Waals surface area contributed by atoms with Crippen molar-refractivity contribution in [2.75, 3.05) is 17.7 Å². The standard InChI is InChI=1S/C22H25N3O4S/c1-4-27-18-11-7-17(8-12-18)23-20(26)14-30-22-25-24-21(29-22)13-28-19-9-5-16(6-10-19)15(2)3/h5-12,15H,4,13-14H2,1-3H3,(H,23,26). The third-order valence-corrected chi connectivity index (χ3v) is 4.95. The van der Waals surface area contributed by atoms with Gasteiger partial charge in [0.2, 0.25) is 5.91 Å². The largest absolute Gasteiger partial charge is 0.494 e. The van der Waals surface area contributed by atoms with Crippen molar-refractivity contribution in [3.8, 4) is 11.5 Å². The lowest BCUT2D eigenvalue weighted by atomic mass is 10.0. The average molecular weight is 428 g/mol. The molecule has 30 heavy (non-hydrogen) atoms. The van der Waals surface area contributed by atoms with Crippen molar-refractivity contribution >= 4 is 23.4 Å². The van der Waals surface area contributed by atoms with Gasteiger partial charge in [0.15, 0.2) is 6.61 Å². The summed E-state index contributed by atoms with van der Waals surface area (Å²) in [5.41, 5.74) is 1.95. The van der Waals surface area contributed by atoms with Gasteiger partial charge in [0.05, 0.1) is 12.4 Å². The molecule has 0 aliphatic rings. The monoisotopic (exact) mass is 427 g/mol. The first-order valence-corrected chi connectivity index (χ1v) is 10.7. The number of rotatable bonds is 10. The third kappa shape index (κ3) is 6.52. The quantitative estimate of drug-likeness (QED) is 0.460. The van der Waals surface area contributed by atoms with Crippen LogP contribution in [0.25, 0.3) is 0 Å². The van der Waals surface area contributed by atoms with Gasteiger partial charge in [-0.3, -0.25) is 4.79 Å². The smallest absolute Gasteiger partial charge is 0.277 e. The van der Waals surface area contributed by atoms with Crippen LogP contribution in [-0.4, -0.2) is 28.5 Å². The number of amides is 1. The molecule has 0 saturated heterocycles. The Balaban J connectivity index is 1.43. The van der Waals surface area contributed by atoms with Gasteiger partial charge in [-0.2, -0.15) is 0 Å². The van der Waals surface area contributed by atoms with Crippen molar-refractivity contribution in [2.45, 2.75) is 38.5 Å². The number of nitrogens with zero attached hydrogens (tertiary/aromatic N) is 2. The second-order valence-corrected chi connectivity index (χ2v) is 7.69. The minimum atomic E-state index is -0.162. The zero-order valence-corrected chi connectivity index (χ0v) is 18.1. The molecule has 0 aliphatic heterocycles. The van der Waals surface area contributed by atoms with Crippen LogP contribution in [0.3, 0.4) is 0 Å². The Morgan fingerprint density at radius 2 is 1.70 bits per heavy atom. The van der Waals surface area contributed by atoms with Crippen molar-refractivity contribution < 1.29 is 18.7 Å². The van der Waals surface area contributed by atoms with Crippen LogP contribution >= 0.6 is 11.8 Å². The van der Waals surface area contributed by atoms with Crippen LogP contribution in [0.1, 0.15) is 38.1 Å². The Kier molecular flexibility index (Phi) is 7.73. The molecule has 8 heteroatoms. The Morgan fingerprint density at radius 3 is 2.37 bits per heavy atom. The van der Waals surface area contributed by atoms with Crippen molar-refractivity contribution in [2.24, 2.45) is 0 Å². The summed E-state index contributed by atoms with van der Waals surface area (Å²) in [5.74, 6) is 2.33. The maximum Gasteiger partial charge on any atom is 0.277 e. The third-order valence-electron chi connectivity index (χ3n) is 4.13. The number of nitrogens with one attached hydrogen (secondary N) is 1. The second kappa shape index (κ2) is 10.7. The maximum atomic E-state index is 12.1. The predicted octanol–water partition coefficient (Wildman–Crippen LogP) is 4.90. The molecule has 7 nitrogen and oxygen atoms in total. The summed E-state index contributed by atoms with van der Waals surface area (Å²) < 4.78 is 16.6. The molecule has 2 aromatic carbocycles. The molecule has 1 heterocycles. The van der Waals surface area contributed by atoms with Crippen LogP contribution in [0.15, 0.2) is 58.2 Å². The number of anilines is 1. The van der Waals surface area contributed by atoms with E-state index in [-0.39, 0.29) is 18.3 Å². The predicted molar refractivity (Wildman–Crippen MR) is 116 cm³/mol. The fraction of sp³-hybridized carbons (Fsp3) is 0.318. The van der Waals surface area contributed by atoms with Crippen molar-refractivity contribution in [3.05, 3.63) is 60.0 Å². The lowest BCUT2D eigenvalue weighted by Gasteiger charge is -2.07. The van der Waals surface area contributed by atoms with Gasteiger partial charge in [-0.05, 0) is 54.8 Å². The summed E-state index contributed by atoms with van der Waals surface area (Å²) in [5, 5.41) is 11.0. The molecule has 0 atom stereocenters. The first kappa shape index (κ1) is 21.7. The highest BCUT2D eigenvalue weighted by molar-refractivity contribution is 7.99. The Labute approximate surface area is 180 Å². The number of aromatic nitrogens is 2. The zero-order valence-electron chi connectivity index (χ0n) is 17.3. The number of ether oxygens (including phenoxy) is 2. The molecule has 0 bridgehead atoms. The highest BCUT2D eigenvalue weighted by Crippen LogP contribution is 2.21. The van der Waals surface area contributed by atoms with Gasteiger partial charge in [0.25, 0.3) is 11.1 Å². The minimum absolute atomic E-state index is 0.159. The summed E-state index contributed by atoms with van der Waals surface area (Å²) in [7, 11) is 0. The van der Waals surface area contributed by atoms with E-state index in [1.165, 1.54) is 17.3 Å². The van der Waals surface area contributed by atoms with Gasteiger partial charge in [-0.25, -0.2) is 0 Å². The lowest BCUT2D eigenvalue weighted by Crippen LogP contribution is -2.13. The van der Waals surface area contributed by atoms with Crippen LogP contribution < -0.4 is 14.8 Å². The molecule has 0 saturated carbocycles. The first-order chi connectivity index (χ1) is 14.5. The van der Waals surface area contributed by atoms with Gasteiger partial charge < -0.3 is 19.2 Å². The Morgan fingerprint density at radius 1 is 1.03 bits per heavy atom. The minimum Gasteiger partial charge on any atom is -0.494 e. The lowest BCUT2D eigenvalue weighted by molar-refractivity contribution is -0.113. The van der Waals surface area contributed by atoms with Crippen LogP contribution in [-0.2, 0) is 11.4 Å². The van der Waals surface area contributed by atoms with Crippen LogP contribution in [0.2, 0.25) is 0 Å². The van der Waals surface area contributed by atoms with Gasteiger partial charge in [-0.1, -0.05) is 37.7 Å². The van der Waals surface area contributed by atoms with Crippen LogP contribution in [0.5, 0.6) is 11.5 Å². The SMILES string of the molecule is CCOc1ccc(NC(=O)CSc2nnc(COc3ccc(C(C)C)cc3)o2)cc1. The number of hydrogen-bond acceptors (Lipinski definition) is 7. The summed E-state index contributed by atoms with van der Waals surface area (Å²) in [6.45, 7) is 6.99. The highest BCUT2D eigenvalue weighted by atomic mass is 32.2. The summed E-state index contributed by atoms with van der Waals surface area (Å²) >= 11 is 1.17. The molecule has 158 valence electrons. The van der Waals surface area contributed by atoms with E-state index in [2.05, 4.69) is 29.4 Å². The first-order valence-electron chi connectivity index (χ1n) is 9.74. The van der Waals surface area contributed by atoms with Gasteiger partial charge in [0, 0.05) is 5.69 Å². The number of thioether (sulfide) groups is 1. The van der Waals surface area contributed by atoms with Gasteiger partial charge in [0.1, 0.15) is 11.5 Å². The van der Waals surface area contributed by atoms with E-state index in [1.54, 1.807) is 12.1 Å². The Hall–Kier alpha value is -3.00. The molecule has 0 unspecified atom stereocenters. The molecule has 3 rings (SSSR count). The summed E-state index contributed by atoms with van der Waals surface area (Å²) in [4.78, 5) is 12.1. The summed E-state index contributed by atoms with van der Waals surface area (Å²) in [6.07, 6.45) is 0. The van der Waals surface area contributed by atoms with Gasteiger partial charge >= 0.3 is 0 Å². The second-order valence-electron chi connectivity index (χ2n) is 6.77. The number of carbonyl (C=O) groups excluding carboxylic acids is 1. The highest BCUT2D eigenvalue weighted by Gasteiger charge is 2.11. The molecule has 0 fully saturated rings. The number of hydrogen-bond donors (Lipinski definition) is 1. The molecule has 3 aromatic rings. The van der Waals surface area contributed by atoms with E-state index >= 15 is 0 Å². The molecule has 1 aromatic heterocycles. The van der Waals surface area contributed by atoms with Gasteiger partial charge in [-0.15, -0.1) is 10.2 Å². The van der Waals surface area contributed by atoms with Crippen molar-refractivity contribution in [1.29, 1.82) is 0 Å². The molecular formula is C22H25N3O4S. The zero-order chi connectivity index (χ0) is 21.3. The topological polar surface area (TPSA) is 86.5 Å². The maximum absolute atomic E-state index is 12.1. The van der Waals surface area contributed by atoms with E-state index in [9.17, 15) is 4.79 Å². The van der Waals surface area contributed by atoms with Crippen LogP contribution in [0.4, 0.5) is 5.69 Å². The number of benzene rings is 2. The molecule has 1 amide bonds. The molecular weight excluding hydrogens is 402 g/mol. The van der Waals surface area contributed by atoms with E-state index < -0.39 is 0 Å². The fourth-order valence-corrected chi connectivity index (χ4v) is 3.15. The molecule has 0 radical (unpaired) electrons. The number of carbonyl (C=O) groups is 1. The van der Waals surface area contributed by atoms with Crippen LogP contribution in [0, 0.1) is 0 Å². The molecule has 0 spiro atoms. The van der Waals surface area contributed by atoms with E-state index in [0.29, 0.717) is 29.3 Å². The molecule has 1 N–H and O–H groups in total. The summed E-state index contributed by atoms with van der Waals surface area (Å²) in [6, 6.07) is 15.1. The molecule has 0 aliphatic carbocycles. The Bertz CT molecular complexity index is 940. The van der Waals surface area contributed by atoms with E-state index in [4.69, 9.17) is 13.9 Å². The van der Waals surface area contributed by atoms with Crippen molar-refractivity contribution in [3.63, 3.8) is 0 Å². The van der Waals surface area contributed by atoms with E-state index in [0.717, 1.165) is 11.5 Å². The van der Waals surface area contributed by atoms with E-state index in [1.807, 2.05) is 43.3 Å². The van der Waals surface area contributed by atoms with Crippen molar-refractivity contribution in [1.82, 2.24) is 10.2 Å².